The Morgan fingerprint density at radius 1 is 1.26 bits per heavy atom. The molecule has 1 aromatic carbocycles. The molecule has 1 N–H and O–H groups in total. The lowest BCUT2D eigenvalue weighted by Gasteiger charge is -2.25. The molecular formula is C16H18N2O5. The van der Waals surface area contributed by atoms with Crippen molar-refractivity contribution in [3.63, 3.8) is 0 Å². The van der Waals surface area contributed by atoms with Gasteiger partial charge in [0.1, 0.15) is 0 Å². The van der Waals surface area contributed by atoms with Crippen molar-refractivity contribution in [2.75, 3.05) is 7.11 Å². The Labute approximate surface area is 133 Å². The van der Waals surface area contributed by atoms with Gasteiger partial charge in [-0.25, -0.2) is 10.3 Å². The normalized spacial score (nSPS) is 15.6. The van der Waals surface area contributed by atoms with Gasteiger partial charge in [0, 0.05) is 0 Å². The molecular weight excluding hydrogens is 300 g/mol. The summed E-state index contributed by atoms with van der Waals surface area (Å²) in [6.07, 6.45) is -0.840. The van der Waals surface area contributed by atoms with E-state index in [2.05, 4.69) is 10.6 Å². The van der Waals surface area contributed by atoms with Gasteiger partial charge in [0.2, 0.25) is 6.10 Å². The number of hydroxylamine groups is 1. The molecule has 0 aromatic heterocycles. The second-order valence-electron chi connectivity index (χ2n) is 5.07. The van der Waals surface area contributed by atoms with Crippen molar-refractivity contribution in [2.45, 2.75) is 26.6 Å². The number of allylic oxidation sites excluding steroid dienone is 1. The zero-order chi connectivity index (χ0) is 16.8. The van der Waals surface area contributed by atoms with E-state index in [1.807, 2.05) is 30.3 Å². The average molecular weight is 318 g/mol. The maximum Gasteiger partial charge on any atom is 0.337 e. The molecule has 23 heavy (non-hydrogen) atoms. The standard InChI is InChI=1S/C16H18N2O5/c1-10(2)12(16(20)21-3)14-13(17-23-14)15(19)18-22-9-11-7-5-4-6-8-11/h4-8,14H,9H2,1-3H3,(H,18,19). The van der Waals surface area contributed by atoms with Crippen molar-refractivity contribution in [3.8, 4) is 0 Å². The minimum atomic E-state index is -0.840. The summed E-state index contributed by atoms with van der Waals surface area (Å²) in [6, 6.07) is 9.38. The molecule has 1 amide bonds. The maximum atomic E-state index is 12.0. The van der Waals surface area contributed by atoms with Crippen LogP contribution in [-0.4, -0.2) is 30.8 Å². The molecule has 0 saturated carbocycles. The summed E-state index contributed by atoms with van der Waals surface area (Å²) in [4.78, 5) is 34.0. The lowest BCUT2D eigenvalue weighted by molar-refractivity contribution is -0.137. The molecule has 1 aromatic rings. The molecule has 0 aliphatic carbocycles. The Morgan fingerprint density at radius 2 is 1.96 bits per heavy atom. The van der Waals surface area contributed by atoms with Gasteiger partial charge < -0.3 is 9.57 Å². The lowest BCUT2D eigenvalue weighted by atomic mass is 9.99. The van der Waals surface area contributed by atoms with Crippen molar-refractivity contribution in [1.29, 1.82) is 0 Å². The second kappa shape index (κ2) is 7.55. The van der Waals surface area contributed by atoms with E-state index in [9.17, 15) is 9.59 Å². The van der Waals surface area contributed by atoms with Crippen LogP contribution in [0.4, 0.5) is 0 Å². The fourth-order valence-electron chi connectivity index (χ4n) is 2.00. The highest BCUT2D eigenvalue weighted by Crippen LogP contribution is 2.22. The smallest absolute Gasteiger partial charge is 0.337 e. The number of carbonyl (C=O) groups is 2. The van der Waals surface area contributed by atoms with Crippen molar-refractivity contribution < 1.29 is 24.0 Å². The number of nitrogens with zero attached hydrogens (tertiary/aromatic N) is 1. The Bertz CT molecular complexity index is 648. The van der Waals surface area contributed by atoms with Crippen LogP contribution in [0.5, 0.6) is 0 Å². The molecule has 1 heterocycles. The SMILES string of the molecule is COC(=O)C(=C(C)C)C1ON=C1C(=O)NOCc1ccccc1. The summed E-state index contributed by atoms with van der Waals surface area (Å²) in [6.45, 7) is 3.68. The maximum absolute atomic E-state index is 12.0. The Kier molecular flexibility index (Phi) is 5.48. The third-order valence-corrected chi connectivity index (χ3v) is 3.19. The zero-order valence-corrected chi connectivity index (χ0v) is 13.2. The zero-order valence-electron chi connectivity index (χ0n) is 13.2. The molecule has 1 unspecified atom stereocenters. The summed E-state index contributed by atoms with van der Waals surface area (Å²) in [5.74, 6) is -1.11. The number of nitrogens with one attached hydrogen (secondary N) is 1. The van der Waals surface area contributed by atoms with Crippen LogP contribution in [-0.2, 0) is 30.6 Å². The molecule has 1 aliphatic heterocycles. The Hall–Kier alpha value is -2.67. The Morgan fingerprint density at radius 3 is 2.48 bits per heavy atom. The highest BCUT2D eigenvalue weighted by Gasteiger charge is 2.40. The molecule has 7 nitrogen and oxygen atoms in total. The molecule has 1 atom stereocenters. The molecule has 0 fully saturated rings. The second-order valence-corrected chi connectivity index (χ2v) is 5.07. The highest BCUT2D eigenvalue weighted by molar-refractivity contribution is 6.42. The van der Waals surface area contributed by atoms with E-state index in [0.717, 1.165) is 5.56 Å². The van der Waals surface area contributed by atoms with E-state index in [4.69, 9.17) is 14.4 Å². The van der Waals surface area contributed by atoms with Crippen LogP contribution in [0, 0.1) is 0 Å². The number of amides is 1. The van der Waals surface area contributed by atoms with Gasteiger partial charge in [0.15, 0.2) is 5.71 Å². The quantitative estimate of drug-likeness (QED) is 0.488. The van der Waals surface area contributed by atoms with Crippen molar-refractivity contribution in [1.82, 2.24) is 5.48 Å². The van der Waals surface area contributed by atoms with Crippen LogP contribution in [0.15, 0.2) is 46.6 Å². The van der Waals surface area contributed by atoms with Crippen LogP contribution >= 0.6 is 0 Å². The van der Waals surface area contributed by atoms with E-state index < -0.39 is 18.0 Å². The molecule has 0 saturated heterocycles. The first-order valence-electron chi connectivity index (χ1n) is 7.00. The molecule has 7 heteroatoms. The van der Waals surface area contributed by atoms with Gasteiger partial charge in [0.25, 0.3) is 5.91 Å². The summed E-state index contributed by atoms with van der Waals surface area (Å²) in [5.41, 5.74) is 4.22. The summed E-state index contributed by atoms with van der Waals surface area (Å²) >= 11 is 0. The minimum absolute atomic E-state index is 0.0691. The van der Waals surface area contributed by atoms with Gasteiger partial charge in [-0.05, 0) is 19.4 Å². The first kappa shape index (κ1) is 16.7. The summed E-state index contributed by atoms with van der Waals surface area (Å²) < 4.78 is 4.70. The van der Waals surface area contributed by atoms with E-state index in [0.29, 0.717) is 5.57 Å². The number of methoxy groups -OCH3 is 1. The van der Waals surface area contributed by atoms with Crippen LogP contribution in [0.1, 0.15) is 19.4 Å². The molecule has 0 radical (unpaired) electrons. The number of oxime groups is 1. The molecule has 2 rings (SSSR count). The molecule has 122 valence electrons. The topological polar surface area (TPSA) is 86.2 Å². The third-order valence-electron chi connectivity index (χ3n) is 3.19. The van der Waals surface area contributed by atoms with Crippen LogP contribution in [0.3, 0.4) is 0 Å². The van der Waals surface area contributed by atoms with Crippen LogP contribution in [0.2, 0.25) is 0 Å². The van der Waals surface area contributed by atoms with E-state index in [-0.39, 0.29) is 17.9 Å². The Balaban J connectivity index is 1.93. The number of ether oxygens (including phenoxy) is 1. The van der Waals surface area contributed by atoms with Gasteiger partial charge in [-0.15, -0.1) is 0 Å². The monoisotopic (exact) mass is 318 g/mol. The van der Waals surface area contributed by atoms with E-state index in [1.165, 1.54) is 7.11 Å². The number of rotatable bonds is 6. The van der Waals surface area contributed by atoms with Gasteiger partial charge >= 0.3 is 5.97 Å². The average Bonchev–Trinajstić information content (AvgIpc) is 2.51. The predicted molar refractivity (Wildman–Crippen MR) is 82.1 cm³/mol. The van der Waals surface area contributed by atoms with Gasteiger partial charge in [-0.2, -0.15) is 0 Å². The van der Waals surface area contributed by atoms with E-state index >= 15 is 0 Å². The van der Waals surface area contributed by atoms with Gasteiger partial charge in [0.05, 0.1) is 19.3 Å². The van der Waals surface area contributed by atoms with Crippen molar-refractivity contribution in [3.05, 3.63) is 47.0 Å². The minimum Gasteiger partial charge on any atom is -0.466 e. The number of carbonyl (C=O) groups excluding carboxylic acids is 2. The first-order chi connectivity index (χ1) is 11.0. The van der Waals surface area contributed by atoms with E-state index in [1.54, 1.807) is 13.8 Å². The number of esters is 1. The van der Waals surface area contributed by atoms with Crippen molar-refractivity contribution in [2.24, 2.45) is 5.16 Å². The van der Waals surface area contributed by atoms with Crippen molar-refractivity contribution >= 4 is 17.6 Å². The fourth-order valence-corrected chi connectivity index (χ4v) is 2.00. The number of hydrogen-bond donors (Lipinski definition) is 1. The van der Waals surface area contributed by atoms with Crippen LogP contribution < -0.4 is 5.48 Å². The largest absolute Gasteiger partial charge is 0.466 e. The lowest BCUT2D eigenvalue weighted by Crippen LogP contribution is -2.47. The number of hydrogen-bond acceptors (Lipinski definition) is 6. The fraction of sp³-hybridized carbons (Fsp3) is 0.312. The summed E-state index contributed by atoms with van der Waals surface area (Å²) in [7, 11) is 1.27. The summed E-state index contributed by atoms with van der Waals surface area (Å²) in [5, 5.41) is 3.58. The molecule has 1 aliphatic rings. The number of benzene rings is 1. The molecule has 0 bridgehead atoms. The third kappa shape index (κ3) is 3.95. The highest BCUT2D eigenvalue weighted by atomic mass is 16.7. The van der Waals surface area contributed by atoms with Gasteiger partial charge in [-0.3, -0.25) is 9.63 Å². The van der Waals surface area contributed by atoms with Crippen LogP contribution in [0.25, 0.3) is 0 Å². The molecule has 0 spiro atoms. The van der Waals surface area contributed by atoms with Gasteiger partial charge in [-0.1, -0.05) is 41.1 Å². The first-order valence-corrected chi connectivity index (χ1v) is 7.00. The predicted octanol–water partition coefficient (Wildman–Crippen LogP) is 1.50.